The molecule has 2 amide bonds. The molecule has 4 nitrogen and oxygen atoms in total. The first-order valence-electron chi connectivity index (χ1n) is 7.31. The van der Waals surface area contributed by atoms with Crippen molar-refractivity contribution in [1.82, 2.24) is 5.32 Å². The highest BCUT2D eigenvalue weighted by molar-refractivity contribution is 6.30. The van der Waals surface area contributed by atoms with Gasteiger partial charge in [0.15, 0.2) is 0 Å². The lowest BCUT2D eigenvalue weighted by molar-refractivity contribution is -0.123. The first kappa shape index (κ1) is 17.0. The molecule has 5 heteroatoms. The Labute approximate surface area is 141 Å². The van der Waals surface area contributed by atoms with E-state index in [1.165, 1.54) is 11.8 Å². The zero-order valence-electron chi connectivity index (χ0n) is 13.2. The van der Waals surface area contributed by atoms with Gasteiger partial charge in [-0.3, -0.25) is 9.59 Å². The van der Waals surface area contributed by atoms with Crippen LogP contribution in [0, 0.1) is 6.92 Å². The van der Waals surface area contributed by atoms with Gasteiger partial charge in [0.2, 0.25) is 11.8 Å². The Morgan fingerprint density at radius 3 is 2.52 bits per heavy atom. The standard InChI is InChI=1S/C18H19ClN2O2/c1-13-5-3-6-15(9-13)11-20-18(23)12-21(14(2)22)17-8-4-7-16(19)10-17/h3-10H,11-12H2,1-2H3,(H,20,23). The van der Waals surface area contributed by atoms with Crippen molar-refractivity contribution in [2.24, 2.45) is 0 Å². The minimum Gasteiger partial charge on any atom is -0.350 e. The summed E-state index contributed by atoms with van der Waals surface area (Å²) in [4.78, 5) is 25.3. The number of nitrogens with one attached hydrogen (secondary N) is 1. The number of aryl methyl sites for hydroxylation is 1. The van der Waals surface area contributed by atoms with Crippen LogP contribution in [-0.4, -0.2) is 18.4 Å². The molecule has 0 fully saturated rings. The second-order valence-electron chi connectivity index (χ2n) is 5.35. The summed E-state index contributed by atoms with van der Waals surface area (Å²) < 4.78 is 0. The van der Waals surface area contributed by atoms with E-state index in [9.17, 15) is 9.59 Å². The number of rotatable bonds is 5. The number of halogens is 1. The number of hydrogen-bond acceptors (Lipinski definition) is 2. The molecule has 2 aromatic rings. The third kappa shape index (κ3) is 5.11. The number of amides is 2. The number of carbonyl (C=O) groups excluding carboxylic acids is 2. The van der Waals surface area contributed by atoms with Gasteiger partial charge < -0.3 is 10.2 Å². The van der Waals surface area contributed by atoms with Crippen LogP contribution in [0.1, 0.15) is 18.1 Å². The Hall–Kier alpha value is -2.33. The molecule has 0 aliphatic rings. The molecule has 120 valence electrons. The SMILES string of the molecule is CC(=O)N(CC(=O)NCc1cccc(C)c1)c1cccc(Cl)c1. The van der Waals surface area contributed by atoms with Gasteiger partial charge in [-0.1, -0.05) is 47.5 Å². The monoisotopic (exact) mass is 330 g/mol. The van der Waals surface area contributed by atoms with Crippen molar-refractivity contribution in [3.8, 4) is 0 Å². The number of benzene rings is 2. The van der Waals surface area contributed by atoms with Crippen LogP contribution in [-0.2, 0) is 16.1 Å². The topological polar surface area (TPSA) is 49.4 Å². The molecule has 0 saturated heterocycles. The molecule has 0 aliphatic carbocycles. The van der Waals surface area contributed by atoms with Crippen LogP contribution in [0.5, 0.6) is 0 Å². The molecule has 0 bridgehead atoms. The fourth-order valence-corrected chi connectivity index (χ4v) is 2.44. The van der Waals surface area contributed by atoms with Crippen LogP contribution in [0.25, 0.3) is 0 Å². The van der Waals surface area contributed by atoms with Gasteiger partial charge >= 0.3 is 0 Å². The van der Waals surface area contributed by atoms with Crippen LogP contribution in [0.2, 0.25) is 5.02 Å². The van der Waals surface area contributed by atoms with E-state index in [-0.39, 0.29) is 18.4 Å². The maximum Gasteiger partial charge on any atom is 0.240 e. The molecule has 2 rings (SSSR count). The quantitative estimate of drug-likeness (QED) is 0.914. The number of anilines is 1. The molecule has 0 aliphatic heterocycles. The zero-order valence-corrected chi connectivity index (χ0v) is 13.9. The summed E-state index contributed by atoms with van der Waals surface area (Å²) in [6.45, 7) is 3.82. The van der Waals surface area contributed by atoms with Gasteiger partial charge in [-0.15, -0.1) is 0 Å². The molecule has 0 spiro atoms. The Balaban J connectivity index is 2.00. The van der Waals surface area contributed by atoms with Gasteiger partial charge in [-0.2, -0.15) is 0 Å². The van der Waals surface area contributed by atoms with Crippen molar-refractivity contribution in [2.75, 3.05) is 11.4 Å². The minimum atomic E-state index is -0.221. The lowest BCUT2D eigenvalue weighted by atomic mass is 10.1. The molecule has 0 heterocycles. The fourth-order valence-electron chi connectivity index (χ4n) is 2.25. The van der Waals surface area contributed by atoms with Gasteiger partial charge in [0.1, 0.15) is 6.54 Å². The van der Waals surface area contributed by atoms with Gasteiger partial charge in [-0.05, 0) is 30.7 Å². The minimum absolute atomic E-state index is 0.0402. The summed E-state index contributed by atoms with van der Waals surface area (Å²) in [5.74, 6) is -0.431. The molecule has 2 aromatic carbocycles. The second-order valence-corrected chi connectivity index (χ2v) is 5.79. The average Bonchev–Trinajstić information content (AvgIpc) is 2.50. The van der Waals surface area contributed by atoms with Crippen LogP contribution < -0.4 is 10.2 Å². The molecule has 0 radical (unpaired) electrons. The molecule has 23 heavy (non-hydrogen) atoms. The molecule has 1 N–H and O–H groups in total. The highest BCUT2D eigenvalue weighted by Crippen LogP contribution is 2.19. The Morgan fingerprint density at radius 2 is 1.87 bits per heavy atom. The van der Waals surface area contributed by atoms with Crippen molar-refractivity contribution < 1.29 is 9.59 Å². The van der Waals surface area contributed by atoms with E-state index in [2.05, 4.69) is 5.32 Å². The van der Waals surface area contributed by atoms with Crippen molar-refractivity contribution in [3.63, 3.8) is 0 Å². The maximum atomic E-state index is 12.1. The highest BCUT2D eigenvalue weighted by Gasteiger charge is 2.15. The average molecular weight is 331 g/mol. The van der Waals surface area contributed by atoms with Gasteiger partial charge in [-0.25, -0.2) is 0 Å². The van der Waals surface area contributed by atoms with Crippen molar-refractivity contribution in [2.45, 2.75) is 20.4 Å². The highest BCUT2D eigenvalue weighted by atomic mass is 35.5. The first-order chi connectivity index (χ1) is 11.0. The molecular weight excluding hydrogens is 312 g/mol. The van der Waals surface area contributed by atoms with Gasteiger partial charge in [0.25, 0.3) is 0 Å². The Bertz CT molecular complexity index is 716. The van der Waals surface area contributed by atoms with E-state index < -0.39 is 0 Å². The maximum absolute atomic E-state index is 12.1. The van der Waals surface area contributed by atoms with Crippen LogP contribution >= 0.6 is 11.6 Å². The fraction of sp³-hybridized carbons (Fsp3) is 0.222. The molecular formula is C18H19ClN2O2. The number of carbonyl (C=O) groups is 2. The number of nitrogens with zero attached hydrogens (tertiary/aromatic N) is 1. The predicted octanol–water partition coefficient (Wildman–Crippen LogP) is 3.32. The van der Waals surface area contributed by atoms with Crippen LogP contribution in [0.3, 0.4) is 0 Å². The summed E-state index contributed by atoms with van der Waals surface area (Å²) in [5, 5.41) is 3.35. The number of hydrogen-bond donors (Lipinski definition) is 1. The zero-order chi connectivity index (χ0) is 16.8. The van der Waals surface area contributed by atoms with Crippen LogP contribution in [0.15, 0.2) is 48.5 Å². The predicted molar refractivity (Wildman–Crippen MR) is 92.5 cm³/mol. The van der Waals surface area contributed by atoms with E-state index in [1.807, 2.05) is 31.2 Å². The van der Waals surface area contributed by atoms with E-state index in [0.717, 1.165) is 11.1 Å². The molecule has 0 atom stereocenters. The van der Waals surface area contributed by atoms with Crippen molar-refractivity contribution in [3.05, 3.63) is 64.7 Å². The van der Waals surface area contributed by atoms with E-state index >= 15 is 0 Å². The largest absolute Gasteiger partial charge is 0.350 e. The third-order valence-electron chi connectivity index (χ3n) is 3.37. The van der Waals surface area contributed by atoms with E-state index in [0.29, 0.717) is 17.3 Å². The summed E-state index contributed by atoms with van der Waals surface area (Å²) in [6, 6.07) is 14.8. The third-order valence-corrected chi connectivity index (χ3v) is 3.61. The molecule has 0 unspecified atom stereocenters. The smallest absolute Gasteiger partial charge is 0.240 e. The second kappa shape index (κ2) is 7.79. The summed E-state index contributed by atoms with van der Waals surface area (Å²) >= 11 is 5.95. The lowest BCUT2D eigenvalue weighted by Gasteiger charge is -2.21. The Morgan fingerprint density at radius 1 is 1.13 bits per heavy atom. The lowest BCUT2D eigenvalue weighted by Crippen LogP contribution is -2.39. The van der Waals surface area contributed by atoms with E-state index in [1.54, 1.807) is 24.3 Å². The molecule has 0 saturated carbocycles. The van der Waals surface area contributed by atoms with E-state index in [4.69, 9.17) is 11.6 Å². The Kier molecular flexibility index (Phi) is 5.77. The normalized spacial score (nSPS) is 10.2. The summed E-state index contributed by atoms with van der Waals surface area (Å²) in [5.41, 5.74) is 2.77. The van der Waals surface area contributed by atoms with Crippen molar-refractivity contribution >= 4 is 29.1 Å². The molecule has 0 aromatic heterocycles. The van der Waals surface area contributed by atoms with Gasteiger partial charge in [0.05, 0.1) is 0 Å². The summed E-state index contributed by atoms with van der Waals surface area (Å²) in [6.07, 6.45) is 0. The summed E-state index contributed by atoms with van der Waals surface area (Å²) in [7, 11) is 0. The van der Waals surface area contributed by atoms with Crippen LogP contribution in [0.4, 0.5) is 5.69 Å². The van der Waals surface area contributed by atoms with Crippen molar-refractivity contribution in [1.29, 1.82) is 0 Å². The first-order valence-corrected chi connectivity index (χ1v) is 7.69. The van der Waals surface area contributed by atoms with Gasteiger partial charge in [0, 0.05) is 24.2 Å².